The highest BCUT2D eigenvalue weighted by molar-refractivity contribution is 8.07. The number of benzene rings is 1. The zero-order chi connectivity index (χ0) is 14.1. The van der Waals surface area contributed by atoms with Crippen molar-refractivity contribution in [2.24, 2.45) is 0 Å². The molecule has 4 heteroatoms. The molecule has 0 spiro atoms. The normalized spacial score (nSPS) is 24.9. The van der Waals surface area contributed by atoms with Crippen LogP contribution < -0.4 is 0 Å². The molecule has 1 aliphatic rings. The van der Waals surface area contributed by atoms with Crippen LogP contribution in [-0.4, -0.2) is 27.1 Å². The number of aliphatic hydroxyl groups excluding tert-OH is 1. The molecule has 2 heterocycles. The monoisotopic (exact) mass is 308 g/mol. The second kappa shape index (κ2) is 6.04. The summed E-state index contributed by atoms with van der Waals surface area (Å²) in [7, 11) is 0. The summed E-state index contributed by atoms with van der Waals surface area (Å²) in [4.78, 5) is 0. The lowest BCUT2D eigenvalue weighted by Gasteiger charge is -2.32. The van der Waals surface area contributed by atoms with Gasteiger partial charge in [-0.15, -0.1) is 0 Å². The van der Waals surface area contributed by atoms with Crippen LogP contribution in [0.1, 0.15) is 30.8 Å². The molecule has 1 fully saturated rings. The molecule has 2 nitrogen and oxygen atoms in total. The van der Waals surface area contributed by atoms with Gasteiger partial charge in [-0.3, -0.25) is 0 Å². The smallest absolute Gasteiger partial charge is 0.137 e. The molecule has 108 valence electrons. The average molecular weight is 308 g/mol. The van der Waals surface area contributed by atoms with E-state index in [1.54, 1.807) is 0 Å². The van der Waals surface area contributed by atoms with Gasteiger partial charge in [0.15, 0.2) is 0 Å². The highest BCUT2D eigenvalue weighted by atomic mass is 32.2. The molecule has 2 aromatic rings. The molecule has 3 rings (SSSR count). The lowest BCUT2D eigenvalue weighted by atomic mass is 10.1. The molecule has 0 bridgehead atoms. The Labute approximate surface area is 128 Å². The maximum Gasteiger partial charge on any atom is 0.137 e. The van der Waals surface area contributed by atoms with Gasteiger partial charge in [-0.05, 0) is 25.0 Å². The van der Waals surface area contributed by atoms with Crippen LogP contribution in [0.4, 0.5) is 0 Å². The summed E-state index contributed by atoms with van der Waals surface area (Å²) in [6, 6.07) is 8.12. The Morgan fingerprint density at radius 2 is 2.15 bits per heavy atom. The first-order chi connectivity index (χ1) is 9.70. The maximum atomic E-state index is 10.7. The number of para-hydroxylation sites is 1. The molecule has 0 aliphatic carbocycles. The maximum absolute atomic E-state index is 10.7. The highest BCUT2D eigenvalue weighted by Gasteiger charge is 2.33. The van der Waals surface area contributed by atoms with Crippen LogP contribution in [0.3, 0.4) is 0 Å². The van der Waals surface area contributed by atoms with Gasteiger partial charge in [0.1, 0.15) is 17.4 Å². The number of hydrogen-bond acceptors (Lipinski definition) is 4. The van der Waals surface area contributed by atoms with Gasteiger partial charge in [0.25, 0.3) is 0 Å². The van der Waals surface area contributed by atoms with Crippen molar-refractivity contribution < 1.29 is 9.52 Å². The first-order valence-electron chi connectivity index (χ1n) is 7.11. The summed E-state index contributed by atoms with van der Waals surface area (Å²) in [6.45, 7) is 4.24. The first-order valence-corrected chi connectivity index (χ1v) is 9.20. The predicted octanol–water partition coefficient (Wildman–Crippen LogP) is 4.40. The third kappa shape index (κ3) is 2.61. The molecule has 1 aromatic heterocycles. The molecule has 0 saturated carbocycles. The first kappa shape index (κ1) is 14.4. The SMILES string of the molecule is CCC1SCCSC1C(O)c1cc2cccc(C)c2o1. The number of thioether (sulfide) groups is 2. The highest BCUT2D eigenvalue weighted by Crippen LogP contribution is 2.41. The number of fused-ring (bicyclic) bond motifs is 1. The standard InChI is InChI=1S/C16H20O2S2/c1-3-13-16(20-8-7-19-13)14(17)12-9-11-6-4-5-10(2)15(11)18-12/h4-6,9,13-14,16-17H,3,7-8H2,1-2H3. The Balaban J connectivity index is 1.91. The van der Waals surface area contributed by atoms with Crippen molar-refractivity contribution in [1.29, 1.82) is 0 Å². The average Bonchev–Trinajstić information content (AvgIpc) is 2.92. The number of rotatable bonds is 3. The number of aliphatic hydroxyl groups is 1. The third-order valence-corrected chi connectivity index (χ3v) is 7.19. The molecule has 3 unspecified atom stereocenters. The van der Waals surface area contributed by atoms with Gasteiger partial charge in [0.05, 0.1) is 0 Å². The van der Waals surface area contributed by atoms with E-state index >= 15 is 0 Å². The summed E-state index contributed by atoms with van der Waals surface area (Å²) in [5.41, 5.74) is 2.03. The number of furan rings is 1. The van der Waals surface area contributed by atoms with E-state index in [9.17, 15) is 5.11 Å². The van der Waals surface area contributed by atoms with Crippen LogP contribution >= 0.6 is 23.5 Å². The second-order valence-corrected chi connectivity index (χ2v) is 7.87. The van der Waals surface area contributed by atoms with E-state index in [2.05, 4.69) is 6.92 Å². The van der Waals surface area contributed by atoms with E-state index in [1.165, 1.54) is 5.75 Å². The molecule has 1 aliphatic heterocycles. The van der Waals surface area contributed by atoms with E-state index in [0.29, 0.717) is 11.0 Å². The van der Waals surface area contributed by atoms with Crippen LogP contribution in [0.25, 0.3) is 11.0 Å². The Morgan fingerprint density at radius 1 is 1.35 bits per heavy atom. The van der Waals surface area contributed by atoms with Crippen LogP contribution in [0, 0.1) is 6.92 Å². The molecule has 0 radical (unpaired) electrons. The fraction of sp³-hybridized carbons (Fsp3) is 0.500. The van der Waals surface area contributed by atoms with Crippen LogP contribution in [0.5, 0.6) is 0 Å². The fourth-order valence-corrected chi connectivity index (χ4v) is 5.88. The fourth-order valence-electron chi connectivity index (χ4n) is 2.77. The minimum atomic E-state index is -0.510. The third-order valence-electron chi connectivity index (χ3n) is 3.86. The molecular formula is C16H20O2S2. The van der Waals surface area contributed by atoms with Crippen molar-refractivity contribution in [2.45, 2.75) is 36.9 Å². The summed E-state index contributed by atoms with van der Waals surface area (Å²) < 4.78 is 5.93. The Kier molecular flexibility index (Phi) is 4.34. The Bertz CT molecular complexity index is 593. The van der Waals surface area contributed by atoms with Gasteiger partial charge < -0.3 is 9.52 Å². The van der Waals surface area contributed by atoms with Crippen molar-refractivity contribution in [1.82, 2.24) is 0 Å². The van der Waals surface area contributed by atoms with E-state index in [4.69, 9.17) is 4.42 Å². The van der Waals surface area contributed by atoms with E-state index in [-0.39, 0.29) is 5.25 Å². The summed E-state index contributed by atoms with van der Waals surface area (Å²) >= 11 is 3.86. The zero-order valence-corrected chi connectivity index (χ0v) is 13.5. The molecular weight excluding hydrogens is 288 g/mol. The van der Waals surface area contributed by atoms with Gasteiger partial charge in [-0.2, -0.15) is 23.5 Å². The molecule has 3 atom stereocenters. The summed E-state index contributed by atoms with van der Waals surface area (Å²) in [5, 5.41) is 12.5. The van der Waals surface area contributed by atoms with Crippen molar-refractivity contribution in [3.8, 4) is 0 Å². The summed E-state index contributed by atoms with van der Waals surface area (Å²) in [5.74, 6) is 3.01. The summed E-state index contributed by atoms with van der Waals surface area (Å²) in [6.07, 6.45) is 0.586. The molecule has 0 amide bonds. The van der Waals surface area contributed by atoms with E-state index in [0.717, 1.165) is 28.7 Å². The minimum absolute atomic E-state index is 0.236. The van der Waals surface area contributed by atoms with Crippen LogP contribution in [0.2, 0.25) is 0 Å². The second-order valence-electron chi connectivity index (χ2n) is 5.24. The minimum Gasteiger partial charge on any atom is -0.458 e. The Morgan fingerprint density at radius 3 is 2.90 bits per heavy atom. The molecule has 20 heavy (non-hydrogen) atoms. The van der Waals surface area contributed by atoms with Crippen molar-refractivity contribution in [2.75, 3.05) is 11.5 Å². The largest absolute Gasteiger partial charge is 0.458 e. The zero-order valence-electron chi connectivity index (χ0n) is 11.8. The predicted molar refractivity (Wildman–Crippen MR) is 88.7 cm³/mol. The quantitative estimate of drug-likeness (QED) is 0.911. The topological polar surface area (TPSA) is 33.4 Å². The van der Waals surface area contributed by atoms with Gasteiger partial charge in [-0.25, -0.2) is 0 Å². The lowest BCUT2D eigenvalue weighted by molar-refractivity contribution is 0.147. The van der Waals surface area contributed by atoms with Crippen LogP contribution in [-0.2, 0) is 0 Å². The number of aryl methyl sites for hydroxylation is 1. The molecule has 1 aromatic carbocycles. The lowest BCUT2D eigenvalue weighted by Crippen LogP contribution is -2.30. The van der Waals surface area contributed by atoms with Crippen LogP contribution in [0.15, 0.2) is 28.7 Å². The molecule has 1 N–H and O–H groups in total. The van der Waals surface area contributed by atoms with Gasteiger partial charge >= 0.3 is 0 Å². The Hall–Kier alpha value is -0.580. The van der Waals surface area contributed by atoms with Gasteiger partial charge in [0, 0.05) is 27.4 Å². The van der Waals surface area contributed by atoms with Crippen molar-refractivity contribution in [3.63, 3.8) is 0 Å². The number of hydrogen-bond donors (Lipinski definition) is 1. The van der Waals surface area contributed by atoms with Gasteiger partial charge in [-0.1, -0.05) is 25.1 Å². The van der Waals surface area contributed by atoms with E-state index < -0.39 is 6.10 Å². The van der Waals surface area contributed by atoms with E-state index in [1.807, 2.05) is 54.7 Å². The van der Waals surface area contributed by atoms with Crippen molar-refractivity contribution in [3.05, 3.63) is 35.6 Å². The molecule has 1 saturated heterocycles. The van der Waals surface area contributed by atoms with Crippen molar-refractivity contribution >= 4 is 34.5 Å². The van der Waals surface area contributed by atoms with Gasteiger partial charge in [0.2, 0.25) is 0 Å².